The number of nitrogens with zero attached hydrogens (tertiary/aromatic N) is 2. The van der Waals surface area contributed by atoms with Crippen molar-refractivity contribution in [2.75, 3.05) is 6.54 Å². The van der Waals surface area contributed by atoms with Crippen LogP contribution in [0.1, 0.15) is 25.6 Å². The Bertz CT molecular complexity index is 557. The molecule has 22 heavy (non-hydrogen) atoms. The lowest BCUT2D eigenvalue weighted by molar-refractivity contribution is 0.209. The maximum Gasteiger partial charge on any atom is 0.315 e. The Kier molecular flexibility index (Phi) is 5.60. The highest BCUT2D eigenvalue weighted by atomic mass is 32.1. The standard InChI is InChI=1S/C16H24N4OS/c1-16(2,3)14(11-20-9-8-17-12-20)19-15(21)18-7-6-13-5-4-10-22-13/h4-5,8-10,12,14H,6-7,11H2,1-3H3,(H2,18,19,21)/t14-/m1/s1. The van der Waals surface area contributed by atoms with Crippen LogP contribution in [0.3, 0.4) is 0 Å². The molecule has 0 aliphatic rings. The zero-order valence-corrected chi connectivity index (χ0v) is 14.2. The topological polar surface area (TPSA) is 59.0 Å². The predicted octanol–water partition coefficient (Wildman–Crippen LogP) is 2.90. The van der Waals surface area contributed by atoms with Gasteiger partial charge in [0.25, 0.3) is 0 Å². The molecule has 2 amide bonds. The van der Waals surface area contributed by atoms with E-state index in [4.69, 9.17) is 0 Å². The third-order valence-electron chi connectivity index (χ3n) is 3.54. The quantitative estimate of drug-likeness (QED) is 0.860. The van der Waals surface area contributed by atoms with Crippen molar-refractivity contribution in [1.29, 1.82) is 0 Å². The molecule has 0 spiro atoms. The van der Waals surface area contributed by atoms with E-state index in [-0.39, 0.29) is 17.5 Å². The van der Waals surface area contributed by atoms with Crippen LogP contribution in [0.5, 0.6) is 0 Å². The van der Waals surface area contributed by atoms with Gasteiger partial charge in [-0.1, -0.05) is 26.8 Å². The highest BCUT2D eigenvalue weighted by Crippen LogP contribution is 2.20. The van der Waals surface area contributed by atoms with Crippen LogP contribution in [-0.4, -0.2) is 28.2 Å². The van der Waals surface area contributed by atoms with E-state index >= 15 is 0 Å². The highest BCUT2D eigenvalue weighted by molar-refractivity contribution is 7.09. The molecule has 0 bridgehead atoms. The summed E-state index contributed by atoms with van der Waals surface area (Å²) in [4.78, 5) is 17.4. The van der Waals surface area contributed by atoms with E-state index in [2.05, 4.69) is 47.8 Å². The molecule has 0 fully saturated rings. The number of hydrogen-bond acceptors (Lipinski definition) is 3. The van der Waals surface area contributed by atoms with Gasteiger partial charge >= 0.3 is 6.03 Å². The van der Waals surface area contributed by atoms with E-state index in [9.17, 15) is 4.79 Å². The second kappa shape index (κ2) is 7.45. The van der Waals surface area contributed by atoms with Crippen molar-refractivity contribution in [2.24, 2.45) is 5.41 Å². The number of aromatic nitrogens is 2. The van der Waals surface area contributed by atoms with E-state index in [0.29, 0.717) is 13.1 Å². The van der Waals surface area contributed by atoms with Gasteiger partial charge in [-0.3, -0.25) is 0 Å². The van der Waals surface area contributed by atoms with Crippen molar-refractivity contribution in [3.05, 3.63) is 41.1 Å². The molecule has 1 atom stereocenters. The molecular weight excluding hydrogens is 296 g/mol. The molecule has 0 aromatic carbocycles. The second-order valence-electron chi connectivity index (χ2n) is 6.41. The molecule has 2 aromatic heterocycles. The largest absolute Gasteiger partial charge is 0.338 e. The fourth-order valence-corrected chi connectivity index (χ4v) is 2.81. The first-order chi connectivity index (χ1) is 10.4. The first-order valence-electron chi connectivity index (χ1n) is 7.47. The predicted molar refractivity (Wildman–Crippen MR) is 90.0 cm³/mol. The molecule has 0 unspecified atom stereocenters. The van der Waals surface area contributed by atoms with Crippen LogP contribution in [0.2, 0.25) is 0 Å². The van der Waals surface area contributed by atoms with E-state index < -0.39 is 0 Å². The molecule has 0 saturated carbocycles. The van der Waals surface area contributed by atoms with Crippen LogP contribution in [-0.2, 0) is 13.0 Å². The van der Waals surface area contributed by atoms with Gasteiger partial charge in [0.05, 0.1) is 12.4 Å². The summed E-state index contributed by atoms with van der Waals surface area (Å²) >= 11 is 1.71. The number of rotatable bonds is 6. The monoisotopic (exact) mass is 320 g/mol. The van der Waals surface area contributed by atoms with Crippen LogP contribution in [0.25, 0.3) is 0 Å². The van der Waals surface area contributed by atoms with Crippen molar-refractivity contribution < 1.29 is 4.79 Å². The summed E-state index contributed by atoms with van der Waals surface area (Å²) in [5, 5.41) is 8.07. The Morgan fingerprint density at radius 1 is 1.45 bits per heavy atom. The Morgan fingerprint density at radius 3 is 2.86 bits per heavy atom. The van der Waals surface area contributed by atoms with Crippen molar-refractivity contribution in [3.8, 4) is 0 Å². The maximum atomic E-state index is 12.1. The minimum absolute atomic E-state index is 0.0310. The van der Waals surface area contributed by atoms with Gasteiger partial charge in [-0.25, -0.2) is 9.78 Å². The number of urea groups is 1. The fourth-order valence-electron chi connectivity index (χ4n) is 2.10. The van der Waals surface area contributed by atoms with Gasteiger partial charge < -0.3 is 15.2 Å². The van der Waals surface area contributed by atoms with Crippen molar-refractivity contribution in [3.63, 3.8) is 0 Å². The number of carbonyl (C=O) groups excluding carboxylic acids is 1. The Labute approximate surface area is 135 Å². The second-order valence-corrected chi connectivity index (χ2v) is 7.44. The Hall–Kier alpha value is -1.82. The molecule has 120 valence electrons. The van der Waals surface area contributed by atoms with Gasteiger partial charge in [0, 0.05) is 30.4 Å². The van der Waals surface area contributed by atoms with Crippen LogP contribution < -0.4 is 10.6 Å². The zero-order chi connectivity index (χ0) is 16.0. The number of hydrogen-bond donors (Lipinski definition) is 2. The molecule has 0 saturated heterocycles. The molecular formula is C16H24N4OS. The van der Waals surface area contributed by atoms with Crippen molar-refractivity contribution in [1.82, 2.24) is 20.2 Å². The van der Waals surface area contributed by atoms with Crippen LogP contribution >= 0.6 is 11.3 Å². The molecule has 2 aromatic rings. The van der Waals surface area contributed by atoms with E-state index in [1.54, 1.807) is 23.9 Å². The van der Waals surface area contributed by atoms with Crippen LogP contribution in [0.4, 0.5) is 4.79 Å². The molecule has 2 heterocycles. The van der Waals surface area contributed by atoms with Gasteiger partial charge in [-0.2, -0.15) is 0 Å². The third kappa shape index (κ3) is 5.18. The van der Waals surface area contributed by atoms with Gasteiger partial charge in [0.1, 0.15) is 0 Å². The highest BCUT2D eigenvalue weighted by Gasteiger charge is 2.26. The van der Waals surface area contributed by atoms with Gasteiger partial charge in [-0.15, -0.1) is 11.3 Å². The van der Waals surface area contributed by atoms with E-state index in [0.717, 1.165) is 6.42 Å². The molecule has 0 radical (unpaired) electrons. The summed E-state index contributed by atoms with van der Waals surface area (Å²) in [6.07, 6.45) is 6.30. The minimum Gasteiger partial charge on any atom is -0.338 e. The van der Waals surface area contributed by atoms with E-state index in [1.807, 2.05) is 16.8 Å². The smallest absolute Gasteiger partial charge is 0.315 e. The number of thiophene rings is 1. The summed E-state index contributed by atoms with van der Waals surface area (Å²) in [7, 11) is 0. The summed E-state index contributed by atoms with van der Waals surface area (Å²) in [5.41, 5.74) is -0.0324. The fraction of sp³-hybridized carbons (Fsp3) is 0.500. The number of imidazole rings is 1. The van der Waals surface area contributed by atoms with Gasteiger partial charge in [-0.05, 0) is 23.3 Å². The molecule has 0 aliphatic heterocycles. The van der Waals surface area contributed by atoms with Gasteiger partial charge in [0.15, 0.2) is 0 Å². The lowest BCUT2D eigenvalue weighted by atomic mass is 9.86. The zero-order valence-electron chi connectivity index (χ0n) is 13.4. The average Bonchev–Trinajstić information content (AvgIpc) is 3.09. The van der Waals surface area contributed by atoms with E-state index in [1.165, 1.54) is 4.88 Å². The lowest BCUT2D eigenvalue weighted by Gasteiger charge is -2.31. The number of nitrogens with one attached hydrogen (secondary N) is 2. The number of carbonyl (C=O) groups is 1. The molecule has 0 aliphatic carbocycles. The van der Waals surface area contributed by atoms with Crippen molar-refractivity contribution >= 4 is 17.4 Å². The Balaban J connectivity index is 1.82. The lowest BCUT2D eigenvalue weighted by Crippen LogP contribution is -2.50. The Morgan fingerprint density at radius 2 is 2.27 bits per heavy atom. The summed E-state index contributed by atoms with van der Waals surface area (Å²) in [6, 6.07) is 4.03. The number of amides is 2. The van der Waals surface area contributed by atoms with Crippen LogP contribution in [0, 0.1) is 5.41 Å². The molecule has 2 rings (SSSR count). The first-order valence-corrected chi connectivity index (χ1v) is 8.35. The third-order valence-corrected chi connectivity index (χ3v) is 4.48. The average molecular weight is 320 g/mol. The summed E-state index contributed by atoms with van der Waals surface area (Å²) < 4.78 is 1.99. The summed E-state index contributed by atoms with van der Waals surface area (Å²) in [5.74, 6) is 0. The maximum absolute atomic E-state index is 12.1. The van der Waals surface area contributed by atoms with Gasteiger partial charge in [0.2, 0.25) is 0 Å². The van der Waals surface area contributed by atoms with Crippen molar-refractivity contribution in [2.45, 2.75) is 39.8 Å². The van der Waals surface area contributed by atoms with Crippen LogP contribution in [0.15, 0.2) is 36.2 Å². The first kappa shape index (κ1) is 16.5. The molecule has 6 heteroatoms. The SMILES string of the molecule is CC(C)(C)[C@@H](Cn1ccnc1)NC(=O)NCCc1cccs1. The normalized spacial score (nSPS) is 12.9. The molecule has 2 N–H and O–H groups in total. The molecule has 5 nitrogen and oxygen atoms in total. The minimum atomic E-state index is -0.114. The summed E-state index contributed by atoms with van der Waals surface area (Å²) in [6.45, 7) is 7.73.